The zero-order valence-corrected chi connectivity index (χ0v) is 12.4. The number of nitrogens with zero attached hydrogens (tertiary/aromatic N) is 1. The van der Waals surface area contributed by atoms with Crippen molar-refractivity contribution in [2.75, 3.05) is 20.2 Å². The van der Waals surface area contributed by atoms with Crippen LogP contribution in [0.15, 0.2) is 0 Å². The first-order chi connectivity index (χ1) is 9.19. The molecule has 3 atom stereocenters. The molecule has 1 aliphatic carbocycles. The molecule has 2 rings (SSSR count). The highest BCUT2D eigenvalue weighted by Gasteiger charge is 2.65. The summed E-state index contributed by atoms with van der Waals surface area (Å²) in [6.45, 7) is 5.73. The number of halogens is 1. The number of carbonyl (C=O) groups excluding carboxylic acids is 2. The normalized spacial score (nSPS) is 33.0. The van der Waals surface area contributed by atoms with Crippen molar-refractivity contribution < 1.29 is 23.5 Å². The van der Waals surface area contributed by atoms with Gasteiger partial charge in [-0.1, -0.05) is 0 Å². The Hall–Kier alpha value is -1.33. The van der Waals surface area contributed by atoms with Crippen molar-refractivity contribution in [1.29, 1.82) is 0 Å². The highest BCUT2D eigenvalue weighted by molar-refractivity contribution is 5.77. The summed E-state index contributed by atoms with van der Waals surface area (Å²) in [4.78, 5) is 24.8. The summed E-state index contributed by atoms with van der Waals surface area (Å²) in [5.41, 5.74) is -1.21. The van der Waals surface area contributed by atoms with E-state index in [0.29, 0.717) is 19.4 Å². The van der Waals surface area contributed by atoms with E-state index in [1.54, 1.807) is 20.8 Å². The first-order valence-electron chi connectivity index (χ1n) is 6.89. The van der Waals surface area contributed by atoms with E-state index < -0.39 is 23.3 Å². The molecule has 0 N–H and O–H groups in total. The smallest absolute Gasteiger partial charge is 0.410 e. The Morgan fingerprint density at radius 1 is 1.35 bits per heavy atom. The number of hydrogen-bond donors (Lipinski definition) is 0. The summed E-state index contributed by atoms with van der Waals surface area (Å²) in [5, 5.41) is 0. The minimum absolute atomic E-state index is 0.0115. The van der Waals surface area contributed by atoms with E-state index in [9.17, 15) is 14.0 Å². The minimum atomic E-state index is -1.20. The number of ether oxygens (including phenoxy) is 2. The van der Waals surface area contributed by atoms with Crippen LogP contribution < -0.4 is 0 Å². The fourth-order valence-corrected chi connectivity index (χ4v) is 2.86. The number of alkyl halides is 1. The van der Waals surface area contributed by atoms with Crippen LogP contribution in [-0.2, 0) is 14.3 Å². The first-order valence-corrected chi connectivity index (χ1v) is 6.89. The van der Waals surface area contributed by atoms with Crippen LogP contribution in [0.4, 0.5) is 9.18 Å². The van der Waals surface area contributed by atoms with Gasteiger partial charge in [0.15, 0.2) is 0 Å². The van der Waals surface area contributed by atoms with E-state index in [2.05, 4.69) is 4.74 Å². The van der Waals surface area contributed by atoms with Crippen LogP contribution in [0.3, 0.4) is 0 Å². The molecule has 0 aromatic carbocycles. The van der Waals surface area contributed by atoms with Crippen LogP contribution in [-0.4, -0.2) is 48.9 Å². The standard InChI is InChI=1S/C14H22FNO4/c1-13(2,3)20-12(18)16-6-5-14(10(15)8-16)7-9(14)11(17)19-4/h9-10H,5-8H2,1-4H3. The Bertz CT molecular complexity index is 420. The summed E-state index contributed by atoms with van der Waals surface area (Å²) in [6.07, 6.45) is -0.700. The summed E-state index contributed by atoms with van der Waals surface area (Å²) in [6, 6.07) is 0. The molecule has 0 bridgehead atoms. The SMILES string of the molecule is COC(=O)C1CC12CCN(C(=O)OC(C)(C)C)CC2F. The maximum atomic E-state index is 14.4. The molecule has 1 saturated heterocycles. The highest BCUT2D eigenvalue weighted by Crippen LogP contribution is 2.60. The van der Waals surface area contributed by atoms with Gasteiger partial charge in [-0.15, -0.1) is 0 Å². The number of hydrogen-bond acceptors (Lipinski definition) is 4. The van der Waals surface area contributed by atoms with Crippen LogP contribution in [0.1, 0.15) is 33.6 Å². The van der Waals surface area contributed by atoms with Gasteiger partial charge < -0.3 is 14.4 Å². The molecule has 5 nitrogen and oxygen atoms in total. The van der Waals surface area contributed by atoms with E-state index in [0.717, 1.165) is 0 Å². The molecule has 114 valence electrons. The zero-order valence-electron chi connectivity index (χ0n) is 12.4. The number of amides is 1. The fraction of sp³-hybridized carbons (Fsp3) is 0.857. The average Bonchev–Trinajstić information content (AvgIpc) is 3.05. The van der Waals surface area contributed by atoms with Gasteiger partial charge in [0, 0.05) is 12.0 Å². The number of esters is 1. The Labute approximate surface area is 118 Å². The Morgan fingerprint density at radius 2 is 2.00 bits per heavy atom. The van der Waals surface area contributed by atoms with Gasteiger partial charge in [0.1, 0.15) is 11.8 Å². The first kappa shape index (κ1) is 15.1. The number of piperidine rings is 1. The quantitative estimate of drug-likeness (QED) is 0.693. The number of carbonyl (C=O) groups is 2. The molecule has 1 aliphatic heterocycles. The van der Waals surface area contributed by atoms with Crippen LogP contribution in [0.25, 0.3) is 0 Å². The second kappa shape index (κ2) is 4.90. The summed E-state index contributed by atoms with van der Waals surface area (Å²) < 4.78 is 24.3. The minimum Gasteiger partial charge on any atom is -0.469 e. The molecule has 1 saturated carbocycles. The molecule has 6 heteroatoms. The van der Waals surface area contributed by atoms with Crippen molar-refractivity contribution in [2.24, 2.45) is 11.3 Å². The Kier molecular flexibility index (Phi) is 3.69. The summed E-state index contributed by atoms with van der Waals surface area (Å²) in [7, 11) is 1.32. The lowest BCUT2D eigenvalue weighted by molar-refractivity contribution is -0.144. The van der Waals surface area contributed by atoms with Gasteiger partial charge in [0.05, 0.1) is 19.6 Å². The van der Waals surface area contributed by atoms with E-state index in [-0.39, 0.29) is 18.4 Å². The van der Waals surface area contributed by atoms with Crippen LogP contribution >= 0.6 is 0 Å². The van der Waals surface area contributed by atoms with E-state index in [1.165, 1.54) is 12.0 Å². The molecule has 0 radical (unpaired) electrons. The average molecular weight is 287 g/mol. The van der Waals surface area contributed by atoms with Crippen LogP contribution in [0.5, 0.6) is 0 Å². The molecule has 1 heterocycles. The molecule has 2 fully saturated rings. The van der Waals surface area contributed by atoms with E-state index in [4.69, 9.17) is 4.74 Å². The molecule has 2 aliphatic rings. The molecule has 0 aromatic rings. The van der Waals surface area contributed by atoms with E-state index in [1.807, 2.05) is 0 Å². The van der Waals surface area contributed by atoms with Crippen LogP contribution in [0.2, 0.25) is 0 Å². The lowest BCUT2D eigenvalue weighted by Crippen LogP contribution is -2.48. The van der Waals surface area contributed by atoms with Gasteiger partial charge in [-0.05, 0) is 33.6 Å². The number of rotatable bonds is 1. The van der Waals surface area contributed by atoms with Crippen molar-refractivity contribution in [3.63, 3.8) is 0 Å². The Morgan fingerprint density at radius 3 is 2.50 bits per heavy atom. The second-order valence-corrected chi connectivity index (χ2v) is 6.66. The molecule has 3 unspecified atom stereocenters. The molecule has 1 spiro atoms. The predicted molar refractivity (Wildman–Crippen MR) is 69.9 cm³/mol. The maximum absolute atomic E-state index is 14.4. The summed E-state index contributed by atoms with van der Waals surface area (Å²) >= 11 is 0. The summed E-state index contributed by atoms with van der Waals surface area (Å²) in [5.74, 6) is -0.707. The molecule has 20 heavy (non-hydrogen) atoms. The molecule has 0 aromatic heterocycles. The van der Waals surface area contributed by atoms with Crippen molar-refractivity contribution in [1.82, 2.24) is 4.90 Å². The topological polar surface area (TPSA) is 55.8 Å². The van der Waals surface area contributed by atoms with Crippen molar-refractivity contribution >= 4 is 12.1 Å². The van der Waals surface area contributed by atoms with Gasteiger partial charge >= 0.3 is 12.1 Å². The number of methoxy groups -OCH3 is 1. The second-order valence-electron chi connectivity index (χ2n) is 6.66. The predicted octanol–water partition coefficient (Wildman–Crippen LogP) is 2.14. The van der Waals surface area contributed by atoms with Gasteiger partial charge in [0.2, 0.25) is 0 Å². The van der Waals surface area contributed by atoms with Gasteiger partial charge in [-0.2, -0.15) is 0 Å². The third kappa shape index (κ3) is 2.74. The van der Waals surface area contributed by atoms with Crippen molar-refractivity contribution in [3.8, 4) is 0 Å². The lowest BCUT2D eigenvalue weighted by Gasteiger charge is -2.36. The third-order valence-corrected chi connectivity index (χ3v) is 4.11. The molecule has 1 amide bonds. The van der Waals surface area contributed by atoms with Gasteiger partial charge in [-0.25, -0.2) is 9.18 Å². The van der Waals surface area contributed by atoms with Gasteiger partial charge in [-0.3, -0.25) is 4.79 Å². The van der Waals surface area contributed by atoms with Gasteiger partial charge in [0.25, 0.3) is 0 Å². The largest absolute Gasteiger partial charge is 0.469 e. The van der Waals surface area contributed by atoms with Crippen molar-refractivity contribution in [2.45, 2.75) is 45.4 Å². The molecular formula is C14H22FNO4. The fourth-order valence-electron chi connectivity index (χ4n) is 2.86. The third-order valence-electron chi connectivity index (χ3n) is 4.11. The number of likely N-dealkylation sites (tertiary alicyclic amines) is 1. The van der Waals surface area contributed by atoms with Crippen LogP contribution in [0, 0.1) is 11.3 Å². The maximum Gasteiger partial charge on any atom is 0.410 e. The monoisotopic (exact) mass is 287 g/mol. The lowest BCUT2D eigenvalue weighted by atomic mass is 9.89. The highest BCUT2D eigenvalue weighted by atomic mass is 19.1. The van der Waals surface area contributed by atoms with Crippen molar-refractivity contribution in [3.05, 3.63) is 0 Å². The molecular weight excluding hydrogens is 265 g/mol. The Balaban J connectivity index is 1.94. The van der Waals surface area contributed by atoms with E-state index >= 15 is 0 Å². The zero-order chi connectivity index (χ0) is 15.1.